The third-order valence-electron chi connectivity index (χ3n) is 4.48. The van der Waals surface area contributed by atoms with Crippen molar-refractivity contribution in [2.75, 3.05) is 20.1 Å². The van der Waals surface area contributed by atoms with E-state index in [-0.39, 0.29) is 18.3 Å². The molecule has 1 aliphatic rings. The molecule has 0 spiro atoms. The number of carbonyl (C=O) groups excluding carboxylic acids is 1. The van der Waals surface area contributed by atoms with Crippen LogP contribution in [0.4, 0.5) is 0 Å². The first-order chi connectivity index (χ1) is 11.6. The van der Waals surface area contributed by atoms with E-state index in [2.05, 4.69) is 26.1 Å². The van der Waals surface area contributed by atoms with Gasteiger partial charge in [0.1, 0.15) is 0 Å². The zero-order valence-electron chi connectivity index (χ0n) is 14.8. The largest absolute Gasteiger partial charge is 0.345 e. The summed E-state index contributed by atoms with van der Waals surface area (Å²) in [6.45, 7) is 5.64. The number of aryl methyl sites for hydroxylation is 3. The second kappa shape index (κ2) is 9.31. The van der Waals surface area contributed by atoms with Crippen molar-refractivity contribution >= 4 is 29.7 Å². The topological polar surface area (TPSA) is 63.1 Å². The van der Waals surface area contributed by atoms with Crippen molar-refractivity contribution in [1.29, 1.82) is 0 Å². The summed E-state index contributed by atoms with van der Waals surface area (Å²) in [6.07, 6.45) is 3.21. The van der Waals surface area contributed by atoms with Crippen molar-refractivity contribution in [3.05, 3.63) is 33.5 Å². The Bertz CT molecular complexity index is 676. The van der Waals surface area contributed by atoms with E-state index < -0.39 is 0 Å². The van der Waals surface area contributed by atoms with Gasteiger partial charge in [-0.25, -0.2) is 4.98 Å². The number of rotatable bonds is 6. The van der Waals surface area contributed by atoms with Crippen LogP contribution in [0.2, 0.25) is 0 Å². The Hall–Kier alpha value is -1.44. The molecule has 0 saturated heterocycles. The molecule has 0 aromatic carbocycles. The van der Waals surface area contributed by atoms with E-state index in [0.717, 1.165) is 50.4 Å². The van der Waals surface area contributed by atoms with Gasteiger partial charge in [-0.2, -0.15) is 5.10 Å². The van der Waals surface area contributed by atoms with Gasteiger partial charge < -0.3 is 10.2 Å². The summed E-state index contributed by atoms with van der Waals surface area (Å²) >= 11 is 1.66. The Morgan fingerprint density at radius 2 is 2.28 bits per heavy atom. The molecule has 3 heterocycles. The van der Waals surface area contributed by atoms with Gasteiger partial charge in [0.25, 0.3) is 0 Å². The SMILES string of the molecule is Cc1ncsc1CCN(C)C(=O)CCc1cc2n(n1)CCCNC2.Cl. The fraction of sp³-hybridized carbons (Fsp3) is 0.588. The number of aromatic nitrogens is 3. The molecule has 0 bridgehead atoms. The number of fused-ring (bicyclic) bond motifs is 1. The van der Waals surface area contributed by atoms with Crippen LogP contribution in [0.15, 0.2) is 11.6 Å². The van der Waals surface area contributed by atoms with E-state index in [1.807, 2.05) is 24.4 Å². The van der Waals surface area contributed by atoms with Crippen LogP contribution in [0.1, 0.15) is 34.8 Å². The fourth-order valence-corrected chi connectivity index (χ4v) is 3.70. The first-order valence-corrected chi connectivity index (χ1v) is 9.40. The highest BCUT2D eigenvalue weighted by Crippen LogP contribution is 2.14. The second-order valence-electron chi connectivity index (χ2n) is 6.31. The fourth-order valence-electron chi connectivity index (χ4n) is 2.93. The highest BCUT2D eigenvalue weighted by atomic mass is 35.5. The van der Waals surface area contributed by atoms with Gasteiger partial charge >= 0.3 is 0 Å². The minimum absolute atomic E-state index is 0. The lowest BCUT2D eigenvalue weighted by atomic mass is 10.2. The molecular formula is C17H26ClN5OS. The van der Waals surface area contributed by atoms with E-state index in [4.69, 9.17) is 0 Å². The molecule has 1 amide bonds. The first-order valence-electron chi connectivity index (χ1n) is 8.52. The molecule has 6 nitrogen and oxygen atoms in total. The van der Waals surface area contributed by atoms with Crippen molar-refractivity contribution in [3.63, 3.8) is 0 Å². The zero-order valence-corrected chi connectivity index (χ0v) is 16.5. The number of nitrogens with one attached hydrogen (secondary N) is 1. The molecule has 0 aliphatic carbocycles. The maximum absolute atomic E-state index is 12.3. The predicted molar refractivity (Wildman–Crippen MR) is 102 cm³/mol. The maximum atomic E-state index is 12.3. The average molecular weight is 384 g/mol. The number of amides is 1. The van der Waals surface area contributed by atoms with Crippen molar-refractivity contribution < 1.29 is 4.79 Å². The second-order valence-corrected chi connectivity index (χ2v) is 7.25. The highest BCUT2D eigenvalue weighted by Gasteiger charge is 2.14. The Labute approximate surface area is 159 Å². The summed E-state index contributed by atoms with van der Waals surface area (Å²) in [5, 5.41) is 8.03. The Kier molecular flexibility index (Phi) is 7.40. The monoisotopic (exact) mass is 383 g/mol. The molecule has 1 aliphatic heterocycles. The number of halogens is 1. The summed E-state index contributed by atoms with van der Waals surface area (Å²) in [5.41, 5.74) is 5.19. The molecule has 0 radical (unpaired) electrons. The van der Waals surface area contributed by atoms with Crippen LogP contribution in [0, 0.1) is 6.92 Å². The van der Waals surface area contributed by atoms with Crippen LogP contribution >= 0.6 is 23.7 Å². The summed E-state index contributed by atoms with van der Waals surface area (Å²) in [6, 6.07) is 2.13. The quantitative estimate of drug-likeness (QED) is 0.830. The summed E-state index contributed by atoms with van der Waals surface area (Å²) in [7, 11) is 1.88. The van der Waals surface area contributed by atoms with Crippen LogP contribution in [0.3, 0.4) is 0 Å². The van der Waals surface area contributed by atoms with Gasteiger partial charge in [0.15, 0.2) is 0 Å². The van der Waals surface area contributed by atoms with E-state index in [9.17, 15) is 4.79 Å². The lowest BCUT2D eigenvalue weighted by Gasteiger charge is -2.16. The average Bonchev–Trinajstić information content (AvgIpc) is 3.10. The van der Waals surface area contributed by atoms with Crippen molar-refractivity contribution in [2.45, 2.75) is 45.7 Å². The Morgan fingerprint density at radius 1 is 1.44 bits per heavy atom. The third-order valence-corrected chi connectivity index (χ3v) is 5.48. The molecule has 0 saturated carbocycles. The molecule has 25 heavy (non-hydrogen) atoms. The molecule has 138 valence electrons. The molecule has 3 rings (SSSR count). The van der Waals surface area contributed by atoms with E-state index >= 15 is 0 Å². The number of likely N-dealkylation sites (N-methyl/N-ethyl adjacent to an activating group) is 1. The summed E-state index contributed by atoms with van der Waals surface area (Å²) in [4.78, 5) is 19.7. The third kappa shape index (κ3) is 5.26. The van der Waals surface area contributed by atoms with Crippen molar-refractivity contribution in [3.8, 4) is 0 Å². The number of hydrogen-bond donors (Lipinski definition) is 1. The molecule has 2 aromatic rings. The lowest BCUT2D eigenvalue weighted by Crippen LogP contribution is -2.29. The van der Waals surface area contributed by atoms with Crippen LogP contribution in [-0.2, 0) is 30.7 Å². The minimum Gasteiger partial charge on any atom is -0.345 e. The van der Waals surface area contributed by atoms with Gasteiger partial charge in [-0.3, -0.25) is 9.48 Å². The van der Waals surface area contributed by atoms with Crippen LogP contribution in [0.5, 0.6) is 0 Å². The minimum atomic E-state index is 0. The molecule has 0 atom stereocenters. The first kappa shape index (κ1) is 19.9. The van der Waals surface area contributed by atoms with Gasteiger partial charge in [0.2, 0.25) is 5.91 Å². The van der Waals surface area contributed by atoms with Gasteiger partial charge in [-0.05, 0) is 26.0 Å². The number of thiazole rings is 1. The Balaban J connectivity index is 0.00000225. The van der Waals surface area contributed by atoms with Crippen LogP contribution in [0.25, 0.3) is 0 Å². The van der Waals surface area contributed by atoms with Gasteiger partial charge in [-0.1, -0.05) is 0 Å². The number of carbonyl (C=O) groups is 1. The van der Waals surface area contributed by atoms with Crippen LogP contribution in [-0.4, -0.2) is 45.7 Å². The zero-order chi connectivity index (χ0) is 16.9. The summed E-state index contributed by atoms with van der Waals surface area (Å²) < 4.78 is 2.08. The highest BCUT2D eigenvalue weighted by molar-refractivity contribution is 7.09. The number of hydrogen-bond acceptors (Lipinski definition) is 5. The predicted octanol–water partition coefficient (Wildman–Crippen LogP) is 2.20. The van der Waals surface area contributed by atoms with E-state index in [1.54, 1.807) is 11.3 Å². The lowest BCUT2D eigenvalue weighted by molar-refractivity contribution is -0.129. The maximum Gasteiger partial charge on any atom is 0.222 e. The molecule has 8 heteroatoms. The van der Waals surface area contributed by atoms with Crippen LogP contribution < -0.4 is 5.32 Å². The molecule has 2 aromatic heterocycles. The smallest absolute Gasteiger partial charge is 0.222 e. The standard InChI is InChI=1S/C17H25N5OS.ClH/c1-13-16(24-12-19-13)6-9-21(2)17(23)5-4-14-10-15-11-18-7-3-8-22(15)20-14;/h10,12,18H,3-9,11H2,1-2H3;1H. The molecule has 0 unspecified atom stereocenters. The van der Waals surface area contributed by atoms with Crippen molar-refractivity contribution in [2.24, 2.45) is 0 Å². The molecule has 1 N–H and O–H groups in total. The van der Waals surface area contributed by atoms with Gasteiger partial charge in [0, 0.05) is 50.8 Å². The van der Waals surface area contributed by atoms with E-state index in [1.165, 1.54) is 10.6 Å². The molecular weight excluding hydrogens is 358 g/mol. The van der Waals surface area contributed by atoms with Gasteiger partial charge in [0.05, 0.1) is 22.6 Å². The van der Waals surface area contributed by atoms with Gasteiger partial charge in [-0.15, -0.1) is 23.7 Å². The molecule has 0 fully saturated rings. The Morgan fingerprint density at radius 3 is 3.04 bits per heavy atom. The normalized spacial score (nSPS) is 13.7. The number of nitrogens with zero attached hydrogens (tertiary/aromatic N) is 4. The van der Waals surface area contributed by atoms with Crippen molar-refractivity contribution in [1.82, 2.24) is 25.0 Å². The van der Waals surface area contributed by atoms with E-state index in [0.29, 0.717) is 12.8 Å². The summed E-state index contributed by atoms with van der Waals surface area (Å²) in [5.74, 6) is 0.179.